The number of carbonyl (C=O) groups excluding carboxylic acids is 3. The van der Waals surface area contributed by atoms with Gasteiger partial charge in [0.25, 0.3) is 11.1 Å². The molecule has 0 bridgehead atoms. The van der Waals surface area contributed by atoms with Crippen molar-refractivity contribution < 1.29 is 19.5 Å². The molecule has 1 saturated heterocycles. The second-order valence-electron chi connectivity index (χ2n) is 6.33. The Kier molecular flexibility index (Phi) is 5.76. The standard InChI is InChI=1S/C20H17ClN2O4S/c1-11-7-13(8-12(2)18(11)25)9-16-19(26)23(20(27)28-16)10-17(24)22-15-5-3-14(21)4-6-15/h3-9,25H,10H2,1-2H3,(H,22,24). The van der Waals surface area contributed by atoms with Crippen molar-refractivity contribution in [3.8, 4) is 5.75 Å². The Morgan fingerprint density at radius 2 is 1.79 bits per heavy atom. The van der Waals surface area contributed by atoms with Crippen molar-refractivity contribution in [3.05, 3.63) is 63.0 Å². The molecule has 0 aliphatic carbocycles. The molecule has 2 aromatic rings. The number of phenolic OH excluding ortho intramolecular Hbond substituents is 1. The first-order valence-electron chi connectivity index (χ1n) is 8.35. The number of rotatable bonds is 4. The van der Waals surface area contributed by atoms with Crippen molar-refractivity contribution in [3.63, 3.8) is 0 Å². The van der Waals surface area contributed by atoms with E-state index in [-0.39, 0.29) is 17.2 Å². The normalized spacial score (nSPS) is 15.4. The third-order valence-electron chi connectivity index (χ3n) is 4.11. The van der Waals surface area contributed by atoms with Gasteiger partial charge in [0.2, 0.25) is 5.91 Å². The summed E-state index contributed by atoms with van der Waals surface area (Å²) in [5, 5.41) is 12.5. The topological polar surface area (TPSA) is 86.7 Å². The van der Waals surface area contributed by atoms with Gasteiger partial charge >= 0.3 is 0 Å². The number of hydrogen-bond acceptors (Lipinski definition) is 5. The smallest absolute Gasteiger partial charge is 0.294 e. The van der Waals surface area contributed by atoms with Crippen LogP contribution in [0.4, 0.5) is 10.5 Å². The molecule has 0 atom stereocenters. The molecular weight excluding hydrogens is 400 g/mol. The SMILES string of the molecule is Cc1cc(C=C2SC(=O)N(CC(=O)Nc3ccc(Cl)cc3)C2=O)cc(C)c1O. The number of anilines is 1. The van der Waals surface area contributed by atoms with Crippen LogP contribution in [0.15, 0.2) is 41.3 Å². The van der Waals surface area contributed by atoms with Gasteiger partial charge in [-0.15, -0.1) is 0 Å². The Balaban J connectivity index is 1.72. The Bertz CT molecular complexity index is 979. The van der Waals surface area contributed by atoms with Crippen LogP contribution in [0.5, 0.6) is 5.75 Å². The summed E-state index contributed by atoms with van der Waals surface area (Å²) in [5.41, 5.74) is 2.57. The third kappa shape index (κ3) is 4.37. The first-order chi connectivity index (χ1) is 13.2. The molecule has 0 radical (unpaired) electrons. The average molecular weight is 417 g/mol. The van der Waals surface area contributed by atoms with Crippen molar-refractivity contribution in [1.29, 1.82) is 0 Å². The van der Waals surface area contributed by atoms with E-state index in [1.165, 1.54) is 0 Å². The molecule has 28 heavy (non-hydrogen) atoms. The molecule has 0 saturated carbocycles. The molecule has 0 aromatic heterocycles. The number of thioether (sulfide) groups is 1. The van der Waals surface area contributed by atoms with Crippen LogP contribution in [0.1, 0.15) is 16.7 Å². The van der Waals surface area contributed by atoms with E-state index in [4.69, 9.17) is 11.6 Å². The minimum Gasteiger partial charge on any atom is -0.507 e. The Labute approximate surface area is 171 Å². The molecule has 144 valence electrons. The lowest BCUT2D eigenvalue weighted by Gasteiger charge is -2.12. The lowest BCUT2D eigenvalue weighted by Crippen LogP contribution is -2.36. The van der Waals surface area contributed by atoms with Gasteiger partial charge in [0.05, 0.1) is 4.91 Å². The van der Waals surface area contributed by atoms with Crippen LogP contribution < -0.4 is 5.32 Å². The number of imide groups is 1. The first kappa shape index (κ1) is 20.0. The highest BCUT2D eigenvalue weighted by atomic mass is 35.5. The number of halogens is 1. The summed E-state index contributed by atoms with van der Waals surface area (Å²) in [6.45, 7) is 3.14. The Morgan fingerprint density at radius 1 is 1.18 bits per heavy atom. The summed E-state index contributed by atoms with van der Waals surface area (Å²) in [6, 6.07) is 9.96. The quantitative estimate of drug-likeness (QED) is 0.724. The van der Waals surface area contributed by atoms with Gasteiger partial charge in [0, 0.05) is 10.7 Å². The first-order valence-corrected chi connectivity index (χ1v) is 9.55. The van der Waals surface area contributed by atoms with Crippen LogP contribution in [0.2, 0.25) is 5.02 Å². The van der Waals surface area contributed by atoms with Crippen LogP contribution in [0, 0.1) is 13.8 Å². The van der Waals surface area contributed by atoms with Crippen LogP contribution in [0.3, 0.4) is 0 Å². The monoisotopic (exact) mass is 416 g/mol. The molecule has 0 unspecified atom stereocenters. The summed E-state index contributed by atoms with van der Waals surface area (Å²) in [7, 11) is 0. The van der Waals surface area contributed by atoms with Gasteiger partial charge in [-0.25, -0.2) is 0 Å². The zero-order valence-electron chi connectivity index (χ0n) is 15.2. The highest BCUT2D eigenvalue weighted by Crippen LogP contribution is 2.33. The fourth-order valence-electron chi connectivity index (χ4n) is 2.74. The molecule has 2 aromatic carbocycles. The average Bonchev–Trinajstić information content (AvgIpc) is 2.89. The molecule has 3 rings (SSSR count). The lowest BCUT2D eigenvalue weighted by molar-refractivity contribution is -0.127. The van der Waals surface area contributed by atoms with Crippen molar-refractivity contribution in [2.45, 2.75) is 13.8 Å². The number of amides is 3. The molecule has 2 N–H and O–H groups in total. The maximum Gasteiger partial charge on any atom is 0.294 e. The number of benzene rings is 2. The summed E-state index contributed by atoms with van der Waals surface area (Å²) in [4.78, 5) is 38.1. The summed E-state index contributed by atoms with van der Waals surface area (Å²) in [6.07, 6.45) is 1.58. The van der Waals surface area contributed by atoms with E-state index in [1.54, 1.807) is 56.3 Å². The van der Waals surface area contributed by atoms with Gasteiger partial charge in [0.1, 0.15) is 12.3 Å². The van der Waals surface area contributed by atoms with Gasteiger partial charge in [0.15, 0.2) is 0 Å². The molecule has 3 amide bonds. The molecule has 1 aliphatic rings. The number of aromatic hydroxyl groups is 1. The largest absolute Gasteiger partial charge is 0.507 e. The predicted molar refractivity (Wildman–Crippen MR) is 110 cm³/mol. The fourth-order valence-corrected chi connectivity index (χ4v) is 3.70. The molecule has 6 nitrogen and oxygen atoms in total. The second-order valence-corrected chi connectivity index (χ2v) is 7.76. The fraction of sp³-hybridized carbons (Fsp3) is 0.150. The second kappa shape index (κ2) is 8.08. The van der Waals surface area contributed by atoms with Gasteiger partial charge < -0.3 is 10.4 Å². The Hall–Kier alpha value is -2.77. The van der Waals surface area contributed by atoms with Crippen LogP contribution in [-0.2, 0) is 9.59 Å². The van der Waals surface area contributed by atoms with Gasteiger partial charge in [-0.05, 0) is 84.8 Å². The zero-order valence-corrected chi connectivity index (χ0v) is 16.7. The van der Waals surface area contributed by atoms with Crippen molar-refractivity contribution >= 4 is 52.2 Å². The highest BCUT2D eigenvalue weighted by Gasteiger charge is 2.36. The van der Waals surface area contributed by atoms with Crippen molar-refractivity contribution in [1.82, 2.24) is 4.90 Å². The number of nitrogens with one attached hydrogen (secondary N) is 1. The van der Waals surface area contributed by atoms with Crippen LogP contribution in [0.25, 0.3) is 6.08 Å². The van der Waals surface area contributed by atoms with Crippen molar-refractivity contribution in [2.75, 3.05) is 11.9 Å². The maximum atomic E-state index is 12.6. The molecular formula is C20H17ClN2O4S. The van der Waals surface area contributed by atoms with Crippen LogP contribution in [-0.4, -0.2) is 33.6 Å². The molecule has 1 aliphatic heterocycles. The Morgan fingerprint density at radius 3 is 2.39 bits per heavy atom. The summed E-state index contributed by atoms with van der Waals surface area (Å²) >= 11 is 6.58. The van der Waals surface area contributed by atoms with Crippen LogP contribution >= 0.6 is 23.4 Å². The highest BCUT2D eigenvalue weighted by molar-refractivity contribution is 8.18. The summed E-state index contributed by atoms with van der Waals surface area (Å²) in [5.74, 6) is -0.809. The summed E-state index contributed by atoms with van der Waals surface area (Å²) < 4.78 is 0. The molecule has 0 spiro atoms. The van der Waals surface area contributed by atoms with E-state index in [0.717, 1.165) is 16.7 Å². The lowest BCUT2D eigenvalue weighted by atomic mass is 10.1. The molecule has 8 heteroatoms. The zero-order chi connectivity index (χ0) is 20.4. The van der Waals surface area contributed by atoms with Gasteiger partial charge in [-0.3, -0.25) is 19.3 Å². The van der Waals surface area contributed by atoms with Gasteiger partial charge in [-0.2, -0.15) is 0 Å². The number of phenols is 1. The number of nitrogens with zero attached hydrogens (tertiary/aromatic N) is 1. The number of aryl methyl sites for hydroxylation is 2. The van der Waals surface area contributed by atoms with E-state index in [0.29, 0.717) is 27.4 Å². The van der Waals surface area contributed by atoms with E-state index in [1.807, 2.05) is 0 Å². The van der Waals surface area contributed by atoms with Gasteiger partial charge in [-0.1, -0.05) is 11.6 Å². The minimum atomic E-state index is -0.523. The van der Waals surface area contributed by atoms with E-state index >= 15 is 0 Å². The van der Waals surface area contributed by atoms with Crippen molar-refractivity contribution in [2.24, 2.45) is 0 Å². The molecule has 1 heterocycles. The molecule has 1 fully saturated rings. The third-order valence-corrected chi connectivity index (χ3v) is 5.27. The number of carbonyl (C=O) groups is 3. The predicted octanol–water partition coefficient (Wildman–Crippen LogP) is 4.34. The van der Waals surface area contributed by atoms with E-state index < -0.39 is 17.1 Å². The number of hydrogen-bond donors (Lipinski definition) is 2. The van der Waals surface area contributed by atoms with E-state index in [9.17, 15) is 19.5 Å². The van der Waals surface area contributed by atoms with E-state index in [2.05, 4.69) is 5.32 Å². The minimum absolute atomic E-state index is 0.198. The maximum absolute atomic E-state index is 12.6.